The highest BCUT2D eigenvalue weighted by Gasteiger charge is 2.36. The number of hydrogen-bond acceptors (Lipinski definition) is 2. The van der Waals surface area contributed by atoms with Gasteiger partial charge < -0.3 is 5.32 Å². The summed E-state index contributed by atoms with van der Waals surface area (Å²) in [7, 11) is 0. The molecular weight excluding hydrogens is 240 g/mol. The molecule has 1 saturated heterocycles. The zero-order valence-corrected chi connectivity index (χ0v) is 11.3. The lowest BCUT2D eigenvalue weighted by molar-refractivity contribution is -0.156. The van der Waals surface area contributed by atoms with Crippen molar-refractivity contribution in [2.24, 2.45) is 0 Å². The predicted molar refractivity (Wildman–Crippen MR) is 72.2 cm³/mol. The molecule has 0 bridgehead atoms. The van der Waals surface area contributed by atoms with E-state index < -0.39 is 0 Å². The van der Waals surface area contributed by atoms with Crippen LogP contribution in [-0.4, -0.2) is 17.1 Å². The second-order valence-corrected chi connectivity index (χ2v) is 5.41. The summed E-state index contributed by atoms with van der Waals surface area (Å²) < 4.78 is 0. The van der Waals surface area contributed by atoms with E-state index in [4.69, 9.17) is 4.84 Å². The van der Waals surface area contributed by atoms with Gasteiger partial charge in [-0.05, 0) is 25.3 Å². The molecule has 2 amide bonds. The fourth-order valence-corrected chi connectivity index (χ4v) is 2.95. The molecule has 1 N–H and O–H groups in total. The van der Waals surface area contributed by atoms with Gasteiger partial charge in [0.2, 0.25) is 0 Å². The third kappa shape index (κ3) is 2.45. The Hall–Kier alpha value is -1.55. The summed E-state index contributed by atoms with van der Waals surface area (Å²) in [6.45, 7) is 2.04. The van der Waals surface area contributed by atoms with Gasteiger partial charge in [-0.1, -0.05) is 43.5 Å². The van der Waals surface area contributed by atoms with Crippen LogP contribution in [0.15, 0.2) is 24.3 Å². The predicted octanol–water partition coefficient (Wildman–Crippen LogP) is 3.28. The second kappa shape index (κ2) is 5.21. The molecule has 102 valence electrons. The van der Waals surface area contributed by atoms with Crippen molar-refractivity contribution in [1.29, 1.82) is 0 Å². The largest absolute Gasteiger partial charge is 0.344 e. The Bertz CT molecular complexity index is 469. The Morgan fingerprint density at radius 2 is 1.95 bits per heavy atom. The van der Waals surface area contributed by atoms with Gasteiger partial charge in [-0.25, -0.2) is 9.63 Å². The maximum Gasteiger partial charge on any atom is 0.344 e. The summed E-state index contributed by atoms with van der Waals surface area (Å²) in [6.07, 6.45) is 5.41. The molecular formula is C15H20N2O2. The third-order valence-electron chi connectivity index (χ3n) is 4.05. The van der Waals surface area contributed by atoms with Crippen molar-refractivity contribution in [2.75, 3.05) is 0 Å². The molecule has 1 heterocycles. The van der Waals surface area contributed by atoms with Crippen LogP contribution in [0.5, 0.6) is 0 Å². The number of nitrogens with zero attached hydrogens (tertiary/aromatic N) is 1. The number of urea groups is 1. The van der Waals surface area contributed by atoms with Crippen molar-refractivity contribution in [3.8, 4) is 0 Å². The molecule has 0 aromatic heterocycles. The van der Waals surface area contributed by atoms with E-state index >= 15 is 0 Å². The molecule has 1 aromatic rings. The van der Waals surface area contributed by atoms with Gasteiger partial charge in [0.05, 0.1) is 6.04 Å². The van der Waals surface area contributed by atoms with Crippen molar-refractivity contribution in [2.45, 2.75) is 51.3 Å². The highest BCUT2D eigenvalue weighted by Crippen LogP contribution is 2.30. The summed E-state index contributed by atoms with van der Waals surface area (Å²) in [5.41, 5.74) is 2.17. The van der Waals surface area contributed by atoms with E-state index in [1.807, 2.05) is 31.2 Å². The minimum atomic E-state index is -0.337. The minimum absolute atomic E-state index is 0.0971. The molecule has 3 rings (SSSR count). The second-order valence-electron chi connectivity index (χ2n) is 5.41. The summed E-state index contributed by atoms with van der Waals surface area (Å²) >= 11 is 0. The summed E-state index contributed by atoms with van der Waals surface area (Å²) in [5.74, 6) is 0. The number of benzene rings is 1. The number of rotatable bonds is 2. The normalized spacial score (nSPS) is 24.6. The van der Waals surface area contributed by atoms with Gasteiger partial charge in [0, 0.05) is 5.56 Å². The van der Waals surface area contributed by atoms with E-state index in [1.54, 1.807) is 5.06 Å². The van der Waals surface area contributed by atoms with Crippen LogP contribution in [0.4, 0.5) is 4.79 Å². The van der Waals surface area contributed by atoms with E-state index in [2.05, 4.69) is 5.32 Å². The molecule has 19 heavy (non-hydrogen) atoms. The maximum atomic E-state index is 12.1. The van der Waals surface area contributed by atoms with Gasteiger partial charge >= 0.3 is 6.03 Å². The van der Waals surface area contributed by atoms with E-state index in [-0.39, 0.29) is 18.3 Å². The monoisotopic (exact) mass is 260 g/mol. The fourth-order valence-electron chi connectivity index (χ4n) is 2.95. The van der Waals surface area contributed by atoms with Crippen molar-refractivity contribution in [1.82, 2.24) is 10.4 Å². The van der Waals surface area contributed by atoms with Gasteiger partial charge in [-0.15, -0.1) is 0 Å². The standard InChI is InChI=1S/C15H20N2O2/c1-11-7-5-6-10-13(11)14-16-15(18)17(19-14)12-8-3-2-4-9-12/h5-7,10,12,14H,2-4,8-9H2,1H3,(H,16,18). The topological polar surface area (TPSA) is 41.6 Å². The third-order valence-corrected chi connectivity index (χ3v) is 4.05. The smallest absolute Gasteiger partial charge is 0.305 e. The molecule has 2 fully saturated rings. The molecule has 1 saturated carbocycles. The molecule has 0 spiro atoms. The first-order valence-electron chi connectivity index (χ1n) is 7.08. The first kappa shape index (κ1) is 12.5. The first-order chi connectivity index (χ1) is 9.25. The molecule has 1 aromatic carbocycles. The van der Waals surface area contributed by atoms with Gasteiger partial charge in [-0.3, -0.25) is 0 Å². The van der Waals surface area contributed by atoms with E-state index in [0.717, 1.165) is 24.0 Å². The Morgan fingerprint density at radius 3 is 2.68 bits per heavy atom. The Labute approximate surface area is 113 Å². The number of nitrogens with one attached hydrogen (secondary N) is 1. The lowest BCUT2D eigenvalue weighted by Gasteiger charge is -2.28. The number of amides is 2. The van der Waals surface area contributed by atoms with Crippen LogP contribution in [-0.2, 0) is 4.84 Å². The van der Waals surface area contributed by atoms with E-state index in [1.165, 1.54) is 19.3 Å². The van der Waals surface area contributed by atoms with Gasteiger partial charge in [0.1, 0.15) is 0 Å². The molecule has 1 atom stereocenters. The van der Waals surface area contributed by atoms with Gasteiger partial charge in [0.15, 0.2) is 6.23 Å². The van der Waals surface area contributed by atoms with Crippen LogP contribution in [0.2, 0.25) is 0 Å². The number of aryl methyl sites for hydroxylation is 1. The van der Waals surface area contributed by atoms with Crippen LogP contribution < -0.4 is 5.32 Å². The molecule has 0 radical (unpaired) electrons. The molecule has 1 aliphatic heterocycles. The number of carbonyl (C=O) groups is 1. The number of hydrogen-bond donors (Lipinski definition) is 1. The van der Waals surface area contributed by atoms with Crippen molar-refractivity contribution >= 4 is 6.03 Å². The van der Waals surface area contributed by atoms with E-state index in [0.29, 0.717) is 0 Å². The summed E-state index contributed by atoms with van der Waals surface area (Å²) in [6, 6.07) is 8.15. The number of carbonyl (C=O) groups excluding carboxylic acids is 1. The molecule has 4 nitrogen and oxygen atoms in total. The van der Waals surface area contributed by atoms with Crippen molar-refractivity contribution in [3.63, 3.8) is 0 Å². The SMILES string of the molecule is Cc1ccccc1C1NC(=O)N(C2CCCCC2)O1. The lowest BCUT2D eigenvalue weighted by atomic mass is 9.95. The van der Waals surface area contributed by atoms with E-state index in [9.17, 15) is 4.79 Å². The zero-order valence-electron chi connectivity index (χ0n) is 11.3. The fraction of sp³-hybridized carbons (Fsp3) is 0.533. The highest BCUT2D eigenvalue weighted by molar-refractivity contribution is 5.75. The Balaban J connectivity index is 1.74. The van der Waals surface area contributed by atoms with Crippen LogP contribution in [0.25, 0.3) is 0 Å². The Kier molecular flexibility index (Phi) is 3.42. The summed E-state index contributed by atoms with van der Waals surface area (Å²) in [5, 5.41) is 4.49. The zero-order chi connectivity index (χ0) is 13.2. The minimum Gasteiger partial charge on any atom is -0.305 e. The van der Waals surface area contributed by atoms with Crippen LogP contribution in [0.3, 0.4) is 0 Å². The van der Waals surface area contributed by atoms with Crippen LogP contribution >= 0.6 is 0 Å². The first-order valence-corrected chi connectivity index (χ1v) is 7.08. The van der Waals surface area contributed by atoms with Crippen LogP contribution in [0.1, 0.15) is 49.5 Å². The molecule has 4 heteroatoms. The van der Waals surface area contributed by atoms with Crippen molar-refractivity contribution in [3.05, 3.63) is 35.4 Å². The number of hydroxylamine groups is 2. The highest BCUT2D eigenvalue weighted by atomic mass is 16.7. The Morgan fingerprint density at radius 1 is 1.21 bits per heavy atom. The maximum absolute atomic E-state index is 12.1. The van der Waals surface area contributed by atoms with Gasteiger partial charge in [-0.2, -0.15) is 5.06 Å². The average molecular weight is 260 g/mol. The van der Waals surface area contributed by atoms with Crippen molar-refractivity contribution < 1.29 is 9.63 Å². The molecule has 1 unspecified atom stereocenters. The molecule has 2 aliphatic rings. The summed E-state index contributed by atoms with van der Waals surface area (Å²) in [4.78, 5) is 17.9. The van der Waals surface area contributed by atoms with Crippen LogP contribution in [0, 0.1) is 6.92 Å². The molecule has 1 aliphatic carbocycles. The quantitative estimate of drug-likeness (QED) is 0.886. The lowest BCUT2D eigenvalue weighted by Crippen LogP contribution is -2.38. The van der Waals surface area contributed by atoms with Gasteiger partial charge in [0.25, 0.3) is 0 Å². The average Bonchev–Trinajstić information content (AvgIpc) is 2.82.